The van der Waals surface area contributed by atoms with Gasteiger partial charge in [-0.15, -0.1) is 0 Å². The molecular formula is C19H31NO3Si. The van der Waals surface area contributed by atoms with Crippen molar-refractivity contribution >= 4 is 14.2 Å². The SMILES string of the molecule is COc1ccc(CN2CC(C(C)O[Si](C)(C)C(C)(C)C)C2=O)cc1. The van der Waals surface area contributed by atoms with Crippen molar-refractivity contribution in [2.45, 2.75) is 58.5 Å². The zero-order chi connectivity index (χ0) is 18.1. The Balaban J connectivity index is 1.90. The van der Waals surface area contributed by atoms with Crippen molar-refractivity contribution < 1.29 is 14.0 Å². The first-order valence-electron chi connectivity index (χ1n) is 8.64. The predicted octanol–water partition coefficient (Wildman–Crippen LogP) is 4.06. The number of carbonyl (C=O) groups is 1. The molecule has 134 valence electrons. The van der Waals surface area contributed by atoms with Crippen LogP contribution in [0.5, 0.6) is 5.75 Å². The van der Waals surface area contributed by atoms with Gasteiger partial charge in [0, 0.05) is 13.1 Å². The summed E-state index contributed by atoms with van der Waals surface area (Å²) in [5.74, 6) is 1.04. The van der Waals surface area contributed by atoms with Crippen LogP contribution in [-0.2, 0) is 15.8 Å². The number of rotatable bonds is 6. The summed E-state index contributed by atoms with van der Waals surface area (Å²) in [5.41, 5.74) is 1.13. The Hall–Kier alpha value is -1.33. The van der Waals surface area contributed by atoms with Gasteiger partial charge >= 0.3 is 0 Å². The van der Waals surface area contributed by atoms with Crippen LogP contribution >= 0.6 is 0 Å². The largest absolute Gasteiger partial charge is 0.497 e. The number of benzene rings is 1. The summed E-state index contributed by atoms with van der Waals surface area (Å²) in [4.78, 5) is 14.4. The van der Waals surface area contributed by atoms with Crippen LogP contribution in [0.3, 0.4) is 0 Å². The van der Waals surface area contributed by atoms with Gasteiger partial charge in [0.2, 0.25) is 5.91 Å². The van der Waals surface area contributed by atoms with Crippen LogP contribution in [-0.4, -0.2) is 38.9 Å². The van der Waals surface area contributed by atoms with Gasteiger partial charge in [-0.05, 0) is 42.8 Å². The quantitative estimate of drug-likeness (QED) is 0.574. The minimum absolute atomic E-state index is 0.00243. The molecule has 1 saturated heterocycles. The fourth-order valence-electron chi connectivity index (χ4n) is 2.69. The Morgan fingerprint density at radius 3 is 2.29 bits per heavy atom. The van der Waals surface area contributed by atoms with Gasteiger partial charge in [0.25, 0.3) is 0 Å². The molecule has 1 heterocycles. The second-order valence-electron chi connectivity index (χ2n) is 8.26. The lowest BCUT2D eigenvalue weighted by Gasteiger charge is -2.45. The lowest BCUT2D eigenvalue weighted by molar-refractivity contribution is -0.154. The van der Waals surface area contributed by atoms with Crippen LogP contribution in [0.1, 0.15) is 33.3 Å². The lowest BCUT2D eigenvalue weighted by Crippen LogP contribution is -2.58. The molecule has 1 aliphatic heterocycles. The molecule has 2 atom stereocenters. The summed E-state index contributed by atoms with van der Waals surface area (Å²) in [7, 11) is -0.179. The topological polar surface area (TPSA) is 38.8 Å². The average Bonchev–Trinajstić information content (AvgIpc) is 2.49. The van der Waals surface area contributed by atoms with Gasteiger partial charge in [0.05, 0.1) is 19.1 Å². The molecule has 1 aromatic carbocycles. The van der Waals surface area contributed by atoms with Crippen molar-refractivity contribution in [3.05, 3.63) is 29.8 Å². The number of hydrogen-bond acceptors (Lipinski definition) is 3. The molecule has 1 fully saturated rings. The van der Waals surface area contributed by atoms with Gasteiger partial charge in [-0.3, -0.25) is 4.79 Å². The number of ether oxygens (including phenoxy) is 1. The molecule has 1 aliphatic rings. The standard InChI is InChI=1S/C19H31NO3Si/c1-14(23-24(6,7)19(2,3)4)17-13-20(18(17)21)12-15-8-10-16(22-5)11-9-15/h8-11,14,17H,12-13H2,1-7H3. The maximum Gasteiger partial charge on any atom is 0.230 e. The summed E-state index contributed by atoms with van der Waals surface area (Å²) >= 11 is 0. The molecule has 0 spiro atoms. The molecule has 0 bridgehead atoms. The lowest BCUT2D eigenvalue weighted by atomic mass is 9.93. The van der Waals surface area contributed by atoms with Gasteiger partial charge in [0.15, 0.2) is 8.32 Å². The fourth-order valence-corrected chi connectivity index (χ4v) is 4.14. The van der Waals surface area contributed by atoms with Gasteiger partial charge in [-0.1, -0.05) is 32.9 Å². The summed E-state index contributed by atoms with van der Waals surface area (Å²) in [5, 5.41) is 0.164. The van der Waals surface area contributed by atoms with E-state index in [9.17, 15) is 4.79 Å². The van der Waals surface area contributed by atoms with Crippen molar-refractivity contribution in [1.82, 2.24) is 4.90 Å². The third kappa shape index (κ3) is 4.01. The van der Waals surface area contributed by atoms with E-state index < -0.39 is 8.32 Å². The molecule has 0 aromatic heterocycles. The molecule has 1 aromatic rings. The highest BCUT2D eigenvalue weighted by Gasteiger charge is 2.45. The molecule has 0 radical (unpaired) electrons. The summed E-state index contributed by atoms with van der Waals surface area (Å²) in [6, 6.07) is 7.88. The average molecular weight is 350 g/mol. The van der Waals surface area contributed by atoms with Crippen LogP contribution < -0.4 is 4.74 Å². The van der Waals surface area contributed by atoms with Crippen LogP contribution in [0.15, 0.2) is 24.3 Å². The highest BCUT2D eigenvalue weighted by atomic mass is 28.4. The Morgan fingerprint density at radius 1 is 1.25 bits per heavy atom. The van der Waals surface area contributed by atoms with Crippen LogP contribution in [0.4, 0.5) is 0 Å². The van der Waals surface area contributed by atoms with E-state index in [0.29, 0.717) is 6.54 Å². The van der Waals surface area contributed by atoms with Gasteiger partial charge in [-0.25, -0.2) is 0 Å². The number of methoxy groups -OCH3 is 1. The zero-order valence-electron chi connectivity index (χ0n) is 16.1. The predicted molar refractivity (Wildman–Crippen MR) is 99.6 cm³/mol. The van der Waals surface area contributed by atoms with E-state index in [1.807, 2.05) is 36.1 Å². The van der Waals surface area contributed by atoms with E-state index in [1.165, 1.54) is 0 Å². The first-order valence-corrected chi connectivity index (χ1v) is 11.6. The van der Waals surface area contributed by atoms with E-state index in [2.05, 4.69) is 33.9 Å². The fraction of sp³-hybridized carbons (Fsp3) is 0.632. The molecule has 24 heavy (non-hydrogen) atoms. The van der Waals surface area contributed by atoms with Crippen LogP contribution in [0, 0.1) is 5.92 Å². The first-order chi connectivity index (χ1) is 11.0. The first kappa shape index (κ1) is 19.0. The number of amides is 1. The molecule has 1 amide bonds. The van der Waals surface area contributed by atoms with Crippen molar-refractivity contribution in [3.63, 3.8) is 0 Å². The van der Waals surface area contributed by atoms with Crippen molar-refractivity contribution in [2.24, 2.45) is 5.92 Å². The number of carbonyl (C=O) groups excluding carboxylic acids is 1. The Morgan fingerprint density at radius 2 is 1.83 bits per heavy atom. The highest BCUT2D eigenvalue weighted by Crippen LogP contribution is 2.39. The van der Waals surface area contributed by atoms with Gasteiger partial charge in [0.1, 0.15) is 5.75 Å². The zero-order valence-corrected chi connectivity index (χ0v) is 17.1. The normalized spacial score (nSPS) is 19.9. The maximum atomic E-state index is 12.5. The number of likely N-dealkylation sites (tertiary alicyclic amines) is 1. The van der Waals surface area contributed by atoms with Crippen molar-refractivity contribution in [1.29, 1.82) is 0 Å². The molecule has 2 unspecified atom stereocenters. The Labute approximate surface area is 147 Å². The van der Waals surface area contributed by atoms with Gasteiger partial charge in [-0.2, -0.15) is 0 Å². The van der Waals surface area contributed by atoms with Gasteiger partial charge < -0.3 is 14.1 Å². The van der Waals surface area contributed by atoms with Crippen LogP contribution in [0.25, 0.3) is 0 Å². The molecular weight excluding hydrogens is 318 g/mol. The molecule has 0 aliphatic carbocycles. The van der Waals surface area contributed by atoms with Crippen molar-refractivity contribution in [2.75, 3.05) is 13.7 Å². The third-order valence-corrected chi connectivity index (χ3v) is 10.0. The van der Waals surface area contributed by atoms with E-state index in [1.54, 1.807) is 7.11 Å². The number of hydrogen-bond donors (Lipinski definition) is 0. The summed E-state index contributed by atoms with van der Waals surface area (Å²) < 4.78 is 11.5. The summed E-state index contributed by atoms with van der Waals surface area (Å²) in [6.45, 7) is 14.6. The maximum absolute atomic E-state index is 12.5. The summed E-state index contributed by atoms with van der Waals surface area (Å²) in [6.07, 6.45) is -0.00879. The van der Waals surface area contributed by atoms with Crippen molar-refractivity contribution in [3.8, 4) is 5.75 Å². The van der Waals surface area contributed by atoms with E-state index in [-0.39, 0.29) is 23.0 Å². The molecule has 0 N–H and O–H groups in total. The molecule has 5 heteroatoms. The van der Waals surface area contributed by atoms with E-state index in [4.69, 9.17) is 9.16 Å². The minimum atomic E-state index is -1.83. The van der Waals surface area contributed by atoms with Crippen LogP contribution in [0.2, 0.25) is 18.1 Å². The smallest absolute Gasteiger partial charge is 0.230 e. The number of β-lactam (4-membered cyclic amide) rings is 1. The third-order valence-electron chi connectivity index (χ3n) is 5.43. The Bertz CT molecular complexity index is 577. The molecule has 2 rings (SSSR count). The second kappa shape index (κ2) is 6.88. The monoisotopic (exact) mass is 349 g/mol. The van der Waals surface area contributed by atoms with E-state index in [0.717, 1.165) is 17.9 Å². The Kier molecular flexibility index (Phi) is 5.45. The second-order valence-corrected chi connectivity index (χ2v) is 13.0. The number of nitrogens with zero attached hydrogens (tertiary/aromatic N) is 1. The highest BCUT2D eigenvalue weighted by molar-refractivity contribution is 6.74. The molecule has 0 saturated carbocycles. The molecule has 4 nitrogen and oxygen atoms in total. The minimum Gasteiger partial charge on any atom is -0.497 e. The van der Waals surface area contributed by atoms with E-state index >= 15 is 0 Å².